The molecule has 3 aliphatic rings. The van der Waals surface area contributed by atoms with Crippen molar-refractivity contribution in [2.45, 2.75) is 51.3 Å². The van der Waals surface area contributed by atoms with E-state index in [2.05, 4.69) is 26.3 Å². The van der Waals surface area contributed by atoms with Crippen molar-refractivity contribution < 1.29 is 4.74 Å². The molecule has 3 aromatic rings. The zero-order valence-electron chi connectivity index (χ0n) is 18.7. The molecule has 0 spiro atoms. The predicted octanol–water partition coefficient (Wildman–Crippen LogP) is 4.27. The first-order valence-corrected chi connectivity index (χ1v) is 12.2. The minimum Gasteiger partial charge on any atom is -0.482 e. The molecule has 4 heterocycles. The molecular weight excluding hydrogens is 438 g/mol. The number of nitrogens with zero attached hydrogens (tertiary/aromatic N) is 6. The Morgan fingerprint density at radius 3 is 2.61 bits per heavy atom. The van der Waals surface area contributed by atoms with Crippen molar-refractivity contribution in [3.05, 3.63) is 53.2 Å². The number of hydrogen-bond acceptors (Lipinski definition) is 7. The number of anilines is 2. The molecule has 1 aromatic carbocycles. The number of aryl methyl sites for hydroxylation is 2. The van der Waals surface area contributed by atoms with Gasteiger partial charge in [-0.2, -0.15) is 4.98 Å². The van der Waals surface area contributed by atoms with E-state index < -0.39 is 0 Å². The highest BCUT2D eigenvalue weighted by atomic mass is 35.5. The highest BCUT2D eigenvalue weighted by molar-refractivity contribution is 6.30. The maximum atomic E-state index is 6.24. The maximum absolute atomic E-state index is 6.24. The molecule has 0 unspecified atom stereocenters. The van der Waals surface area contributed by atoms with Gasteiger partial charge in [0.1, 0.15) is 17.9 Å². The normalized spacial score (nSPS) is 26.2. The number of ether oxygens (including phenoxy) is 1. The average molecular weight is 466 g/mol. The van der Waals surface area contributed by atoms with Crippen molar-refractivity contribution >= 4 is 23.4 Å². The zero-order chi connectivity index (χ0) is 22.4. The quantitative estimate of drug-likeness (QED) is 0.602. The van der Waals surface area contributed by atoms with Crippen molar-refractivity contribution in [1.82, 2.24) is 24.7 Å². The molecule has 1 aliphatic carbocycles. The molecule has 33 heavy (non-hydrogen) atoms. The molecule has 0 radical (unpaired) electrons. The van der Waals surface area contributed by atoms with Crippen LogP contribution in [0.1, 0.15) is 43.3 Å². The Morgan fingerprint density at radius 1 is 1.06 bits per heavy atom. The van der Waals surface area contributed by atoms with Gasteiger partial charge in [0.25, 0.3) is 0 Å². The van der Waals surface area contributed by atoms with Crippen LogP contribution in [0.4, 0.5) is 11.8 Å². The molecule has 6 rings (SSSR count). The van der Waals surface area contributed by atoms with Gasteiger partial charge in [-0.3, -0.25) is 0 Å². The first kappa shape index (κ1) is 20.7. The zero-order valence-corrected chi connectivity index (χ0v) is 19.4. The number of fused-ring (bicyclic) bond motifs is 3. The maximum Gasteiger partial charge on any atom is 0.242 e. The smallest absolute Gasteiger partial charge is 0.242 e. The van der Waals surface area contributed by atoms with Gasteiger partial charge in [-0.25, -0.2) is 14.6 Å². The lowest BCUT2D eigenvalue weighted by atomic mass is 9.92. The SMILES string of the molecule is Cc1cc(N2C[C@H]3CC[C@@H](C2)[C@@H]3Nc2nc3n(n2)CCC[C@@H]3Oc2ccc(Cl)cc2)ncn1. The summed E-state index contributed by atoms with van der Waals surface area (Å²) in [5.74, 6) is 4.59. The number of aromatic nitrogens is 5. The van der Waals surface area contributed by atoms with Gasteiger partial charge in [-0.1, -0.05) is 11.6 Å². The second kappa shape index (κ2) is 8.48. The highest BCUT2D eigenvalue weighted by Crippen LogP contribution is 2.40. The molecule has 9 heteroatoms. The van der Waals surface area contributed by atoms with E-state index >= 15 is 0 Å². The third-order valence-electron chi connectivity index (χ3n) is 7.16. The number of hydrogen-bond donors (Lipinski definition) is 1. The molecule has 2 fully saturated rings. The standard InChI is InChI=1S/C24H28ClN7O/c1-15-11-21(27-14-26-15)31-12-16-4-5-17(13-31)22(16)28-24-29-23-20(3-2-10-32(23)30-24)33-19-8-6-18(25)7-9-19/h6-9,11,14,16-17,20,22H,2-5,10,12-13H2,1H3,(H,28,30)/t16-,17+,20-,22-/m0/s1. The lowest BCUT2D eigenvalue weighted by molar-refractivity contribution is 0.155. The third-order valence-corrected chi connectivity index (χ3v) is 7.41. The molecule has 172 valence electrons. The fraction of sp³-hybridized carbons (Fsp3) is 0.500. The van der Waals surface area contributed by atoms with Crippen LogP contribution in [0.2, 0.25) is 5.02 Å². The molecule has 8 nitrogen and oxygen atoms in total. The van der Waals surface area contributed by atoms with E-state index in [1.165, 1.54) is 12.8 Å². The Morgan fingerprint density at radius 2 is 1.85 bits per heavy atom. The number of halogens is 1. The number of benzene rings is 1. The van der Waals surface area contributed by atoms with Gasteiger partial charge in [-0.15, -0.1) is 5.10 Å². The van der Waals surface area contributed by atoms with Crippen LogP contribution in [0.15, 0.2) is 36.7 Å². The largest absolute Gasteiger partial charge is 0.482 e. The van der Waals surface area contributed by atoms with Crippen molar-refractivity contribution in [3.63, 3.8) is 0 Å². The van der Waals surface area contributed by atoms with E-state index in [-0.39, 0.29) is 6.10 Å². The molecule has 2 aliphatic heterocycles. The number of rotatable bonds is 5. The fourth-order valence-corrected chi connectivity index (χ4v) is 5.70. The van der Waals surface area contributed by atoms with Crippen LogP contribution in [-0.2, 0) is 6.54 Å². The summed E-state index contributed by atoms with van der Waals surface area (Å²) in [4.78, 5) is 16.0. The summed E-state index contributed by atoms with van der Waals surface area (Å²) in [6.07, 6.45) is 5.97. The van der Waals surface area contributed by atoms with Gasteiger partial charge in [0, 0.05) is 42.5 Å². The predicted molar refractivity (Wildman–Crippen MR) is 127 cm³/mol. The van der Waals surface area contributed by atoms with Crippen LogP contribution in [-0.4, -0.2) is 43.9 Å². The average Bonchev–Trinajstić information content (AvgIpc) is 3.32. The summed E-state index contributed by atoms with van der Waals surface area (Å²) in [6, 6.07) is 9.98. The van der Waals surface area contributed by atoms with Gasteiger partial charge in [-0.05, 0) is 68.7 Å². The second-order valence-corrected chi connectivity index (χ2v) is 9.85. The Balaban J connectivity index is 1.16. The molecule has 1 saturated heterocycles. The van der Waals surface area contributed by atoms with Crippen LogP contribution in [0.3, 0.4) is 0 Å². The third kappa shape index (κ3) is 4.12. The molecule has 2 aromatic heterocycles. The fourth-order valence-electron chi connectivity index (χ4n) is 5.57. The lowest BCUT2D eigenvalue weighted by Crippen LogP contribution is -2.48. The first-order chi connectivity index (χ1) is 16.1. The van der Waals surface area contributed by atoms with Crippen molar-refractivity contribution in [3.8, 4) is 5.75 Å². The summed E-state index contributed by atoms with van der Waals surface area (Å²) in [5, 5.41) is 9.20. The van der Waals surface area contributed by atoms with Gasteiger partial charge >= 0.3 is 0 Å². The summed E-state index contributed by atoms with van der Waals surface area (Å²) in [7, 11) is 0. The summed E-state index contributed by atoms with van der Waals surface area (Å²) >= 11 is 6.01. The van der Waals surface area contributed by atoms with Crippen LogP contribution < -0.4 is 15.0 Å². The number of nitrogens with one attached hydrogen (secondary N) is 1. The van der Waals surface area contributed by atoms with Crippen molar-refractivity contribution in [2.75, 3.05) is 23.3 Å². The molecular formula is C24H28ClN7O. The van der Waals surface area contributed by atoms with Crippen LogP contribution in [0.25, 0.3) is 0 Å². The Bertz CT molecular complexity index is 1120. The summed E-state index contributed by atoms with van der Waals surface area (Å²) < 4.78 is 8.25. The van der Waals surface area contributed by atoms with Crippen LogP contribution >= 0.6 is 11.6 Å². The van der Waals surface area contributed by atoms with Gasteiger partial charge in [0.05, 0.1) is 0 Å². The molecule has 1 N–H and O–H groups in total. The minimum atomic E-state index is -0.0949. The van der Waals surface area contributed by atoms with E-state index in [0.29, 0.717) is 22.9 Å². The van der Waals surface area contributed by atoms with E-state index in [1.54, 1.807) is 6.33 Å². The Labute approximate surface area is 198 Å². The molecule has 4 atom stereocenters. The van der Waals surface area contributed by atoms with Gasteiger partial charge < -0.3 is 15.0 Å². The van der Waals surface area contributed by atoms with Crippen molar-refractivity contribution in [1.29, 1.82) is 0 Å². The molecule has 0 amide bonds. The van der Waals surface area contributed by atoms with E-state index in [0.717, 1.165) is 61.5 Å². The topological polar surface area (TPSA) is 81.0 Å². The van der Waals surface area contributed by atoms with E-state index in [4.69, 9.17) is 26.4 Å². The monoisotopic (exact) mass is 465 g/mol. The second-order valence-electron chi connectivity index (χ2n) is 9.41. The summed E-state index contributed by atoms with van der Waals surface area (Å²) in [6.45, 7) is 4.90. The Hall–Kier alpha value is -2.87. The van der Waals surface area contributed by atoms with Crippen LogP contribution in [0.5, 0.6) is 5.75 Å². The van der Waals surface area contributed by atoms with Gasteiger partial charge in [0.2, 0.25) is 5.95 Å². The van der Waals surface area contributed by atoms with E-state index in [9.17, 15) is 0 Å². The van der Waals surface area contributed by atoms with E-state index in [1.807, 2.05) is 35.9 Å². The molecule has 2 bridgehead atoms. The van der Waals surface area contributed by atoms with Crippen molar-refractivity contribution in [2.24, 2.45) is 11.8 Å². The Kier molecular flexibility index (Phi) is 5.32. The highest BCUT2D eigenvalue weighted by Gasteiger charge is 2.43. The summed E-state index contributed by atoms with van der Waals surface area (Å²) in [5.41, 5.74) is 1.01. The molecule has 1 saturated carbocycles. The van der Waals surface area contributed by atoms with Crippen LogP contribution in [0, 0.1) is 18.8 Å². The van der Waals surface area contributed by atoms with Gasteiger partial charge in [0.15, 0.2) is 11.9 Å². The first-order valence-electron chi connectivity index (χ1n) is 11.8. The number of piperidine rings is 1. The lowest BCUT2D eigenvalue weighted by Gasteiger charge is -2.38. The minimum absolute atomic E-state index is 0.0949.